The van der Waals surface area contributed by atoms with Crippen molar-refractivity contribution in [2.24, 2.45) is 5.10 Å². The van der Waals surface area contributed by atoms with Crippen LogP contribution in [0.5, 0.6) is 0 Å². The number of nitrogens with zero attached hydrogens (tertiary/aromatic N) is 2. The normalized spacial score (nSPS) is 11.3. The molecular weight excluding hydrogens is 282 g/mol. The molecule has 0 aliphatic heterocycles. The summed E-state index contributed by atoms with van der Waals surface area (Å²) in [7, 11) is 0. The second-order valence-electron chi connectivity index (χ2n) is 5.20. The molecule has 22 heavy (non-hydrogen) atoms. The highest BCUT2D eigenvalue weighted by atomic mass is 16.6. The highest BCUT2D eigenvalue weighted by Gasteiger charge is 2.07. The first-order chi connectivity index (χ1) is 10.5. The van der Waals surface area contributed by atoms with Gasteiger partial charge in [-0.15, -0.1) is 0 Å². The highest BCUT2D eigenvalue weighted by Crippen LogP contribution is 2.13. The number of unbranched alkanes of at least 4 members (excludes halogenated alkanes) is 4. The lowest BCUT2D eigenvalue weighted by molar-refractivity contribution is -0.384. The van der Waals surface area contributed by atoms with Crippen LogP contribution < -0.4 is 5.43 Å². The van der Waals surface area contributed by atoms with Crippen LogP contribution in [0.2, 0.25) is 0 Å². The number of rotatable bonds is 9. The van der Waals surface area contributed by atoms with Gasteiger partial charge >= 0.3 is 0 Å². The van der Waals surface area contributed by atoms with Gasteiger partial charge in [-0.2, -0.15) is 5.10 Å². The van der Waals surface area contributed by atoms with Gasteiger partial charge in [0.2, 0.25) is 5.91 Å². The fourth-order valence-electron chi connectivity index (χ4n) is 2.00. The topological polar surface area (TPSA) is 84.6 Å². The molecule has 120 valence electrons. The van der Waals surface area contributed by atoms with Crippen LogP contribution in [0.4, 0.5) is 5.69 Å². The van der Waals surface area contributed by atoms with E-state index in [0.717, 1.165) is 19.3 Å². The van der Waals surface area contributed by atoms with E-state index in [1.165, 1.54) is 25.0 Å². The standard InChI is InChI=1S/C16H23N3O3/c1-3-4-5-6-7-11-16(20)18-17-13(2)14-9-8-10-15(12-14)19(21)22/h8-10,12H,3-7,11H2,1-2H3,(H,18,20). The first-order valence-corrected chi connectivity index (χ1v) is 7.62. The molecule has 0 spiro atoms. The number of carbonyl (C=O) groups excluding carboxylic acids is 1. The fraction of sp³-hybridized carbons (Fsp3) is 0.500. The van der Waals surface area contributed by atoms with E-state index in [0.29, 0.717) is 17.7 Å². The van der Waals surface area contributed by atoms with Crippen molar-refractivity contribution in [3.8, 4) is 0 Å². The van der Waals surface area contributed by atoms with Crippen LogP contribution in [0.25, 0.3) is 0 Å². The van der Waals surface area contributed by atoms with Crippen molar-refractivity contribution in [3.05, 3.63) is 39.9 Å². The van der Waals surface area contributed by atoms with Crippen LogP contribution >= 0.6 is 0 Å². The van der Waals surface area contributed by atoms with E-state index in [-0.39, 0.29) is 11.6 Å². The third-order valence-corrected chi connectivity index (χ3v) is 3.33. The molecule has 1 amide bonds. The maximum Gasteiger partial charge on any atom is 0.270 e. The molecule has 0 aliphatic carbocycles. The van der Waals surface area contributed by atoms with Crippen molar-refractivity contribution < 1.29 is 9.72 Å². The molecule has 0 heterocycles. The van der Waals surface area contributed by atoms with Crippen LogP contribution in [0.3, 0.4) is 0 Å². The van der Waals surface area contributed by atoms with Crippen LogP contribution in [-0.2, 0) is 4.79 Å². The van der Waals surface area contributed by atoms with Gasteiger partial charge in [-0.25, -0.2) is 5.43 Å². The zero-order valence-electron chi connectivity index (χ0n) is 13.2. The maximum atomic E-state index is 11.7. The number of non-ortho nitro benzene ring substituents is 1. The predicted molar refractivity (Wildman–Crippen MR) is 86.8 cm³/mol. The molecule has 1 rings (SSSR count). The van der Waals surface area contributed by atoms with E-state index in [4.69, 9.17) is 0 Å². The summed E-state index contributed by atoms with van der Waals surface area (Å²) in [4.78, 5) is 21.9. The monoisotopic (exact) mass is 305 g/mol. The molecule has 6 nitrogen and oxygen atoms in total. The second kappa shape index (κ2) is 9.65. The Bertz CT molecular complexity index is 541. The first kappa shape index (κ1) is 17.8. The number of nitro groups is 1. The minimum Gasteiger partial charge on any atom is -0.273 e. The van der Waals surface area contributed by atoms with Crippen molar-refractivity contribution >= 4 is 17.3 Å². The minimum absolute atomic E-state index is 0.00861. The number of hydrogen-bond acceptors (Lipinski definition) is 4. The third kappa shape index (κ3) is 6.47. The fourth-order valence-corrected chi connectivity index (χ4v) is 2.00. The Morgan fingerprint density at radius 1 is 1.27 bits per heavy atom. The van der Waals surface area contributed by atoms with Gasteiger partial charge in [0.1, 0.15) is 0 Å². The highest BCUT2D eigenvalue weighted by molar-refractivity contribution is 5.99. The Kier molecular flexibility index (Phi) is 7.81. The van der Waals surface area contributed by atoms with Gasteiger partial charge in [-0.05, 0) is 13.3 Å². The summed E-state index contributed by atoms with van der Waals surface area (Å²) >= 11 is 0. The predicted octanol–water partition coefficient (Wildman–Crippen LogP) is 3.80. The summed E-state index contributed by atoms with van der Waals surface area (Å²) in [6.45, 7) is 3.86. The van der Waals surface area contributed by atoms with Gasteiger partial charge < -0.3 is 0 Å². The summed E-state index contributed by atoms with van der Waals surface area (Å²) in [5.74, 6) is -0.124. The van der Waals surface area contributed by atoms with Crippen LogP contribution in [0.15, 0.2) is 29.4 Å². The van der Waals surface area contributed by atoms with Crippen molar-refractivity contribution in [1.29, 1.82) is 0 Å². The van der Waals surface area contributed by atoms with E-state index in [1.807, 2.05) is 0 Å². The van der Waals surface area contributed by atoms with Gasteiger partial charge in [0.15, 0.2) is 0 Å². The lowest BCUT2D eigenvalue weighted by Gasteiger charge is -2.03. The summed E-state index contributed by atoms with van der Waals surface area (Å²) < 4.78 is 0. The van der Waals surface area contributed by atoms with Crippen LogP contribution in [-0.4, -0.2) is 16.5 Å². The van der Waals surface area contributed by atoms with E-state index >= 15 is 0 Å². The van der Waals surface area contributed by atoms with Crippen molar-refractivity contribution in [1.82, 2.24) is 5.43 Å². The Morgan fingerprint density at radius 2 is 2.00 bits per heavy atom. The average molecular weight is 305 g/mol. The summed E-state index contributed by atoms with van der Waals surface area (Å²) in [5.41, 5.74) is 3.68. The summed E-state index contributed by atoms with van der Waals surface area (Å²) in [6, 6.07) is 6.19. The second-order valence-corrected chi connectivity index (χ2v) is 5.20. The summed E-state index contributed by atoms with van der Waals surface area (Å²) in [6.07, 6.45) is 5.89. The number of hydrazone groups is 1. The molecule has 0 fully saturated rings. The van der Waals surface area contributed by atoms with Gasteiger partial charge in [0, 0.05) is 24.1 Å². The largest absolute Gasteiger partial charge is 0.273 e. The van der Waals surface area contributed by atoms with Crippen molar-refractivity contribution in [2.45, 2.75) is 52.4 Å². The average Bonchev–Trinajstić information content (AvgIpc) is 2.52. The lowest BCUT2D eigenvalue weighted by atomic mass is 10.1. The Labute approximate surface area is 130 Å². The maximum absolute atomic E-state index is 11.7. The Balaban J connectivity index is 2.46. The van der Waals surface area contributed by atoms with Gasteiger partial charge in [0.05, 0.1) is 10.6 Å². The summed E-state index contributed by atoms with van der Waals surface area (Å²) in [5, 5.41) is 14.7. The number of carbonyl (C=O) groups is 1. The van der Waals surface area contributed by atoms with E-state index in [9.17, 15) is 14.9 Å². The molecule has 6 heteroatoms. The molecule has 0 saturated carbocycles. The van der Waals surface area contributed by atoms with Gasteiger partial charge in [-0.3, -0.25) is 14.9 Å². The zero-order valence-corrected chi connectivity index (χ0v) is 13.2. The minimum atomic E-state index is -0.453. The van der Waals surface area contributed by atoms with E-state index in [2.05, 4.69) is 17.5 Å². The van der Waals surface area contributed by atoms with Crippen LogP contribution in [0.1, 0.15) is 57.9 Å². The van der Waals surface area contributed by atoms with Crippen molar-refractivity contribution in [3.63, 3.8) is 0 Å². The van der Waals surface area contributed by atoms with E-state index < -0.39 is 4.92 Å². The molecule has 0 atom stereocenters. The molecular formula is C16H23N3O3. The third-order valence-electron chi connectivity index (χ3n) is 3.33. The molecule has 1 aromatic rings. The van der Waals surface area contributed by atoms with E-state index in [1.54, 1.807) is 19.1 Å². The molecule has 0 saturated heterocycles. The number of amides is 1. The van der Waals surface area contributed by atoms with Crippen molar-refractivity contribution in [2.75, 3.05) is 0 Å². The van der Waals surface area contributed by atoms with Crippen LogP contribution in [0, 0.1) is 10.1 Å². The Morgan fingerprint density at radius 3 is 2.68 bits per heavy atom. The zero-order chi connectivity index (χ0) is 16.4. The molecule has 1 aromatic carbocycles. The molecule has 0 aliphatic rings. The smallest absolute Gasteiger partial charge is 0.270 e. The molecule has 1 N–H and O–H groups in total. The quantitative estimate of drug-likeness (QED) is 0.326. The first-order valence-electron chi connectivity index (χ1n) is 7.62. The lowest BCUT2D eigenvalue weighted by Crippen LogP contribution is -2.18. The number of hydrogen-bond donors (Lipinski definition) is 1. The molecule has 0 aromatic heterocycles. The number of nitrogens with one attached hydrogen (secondary N) is 1. The molecule has 0 bridgehead atoms. The number of benzene rings is 1. The SMILES string of the molecule is CCCCCCCC(=O)NN=C(C)c1cccc([N+](=O)[O-])c1. The Hall–Kier alpha value is -2.24. The van der Waals surface area contributed by atoms with Gasteiger partial charge in [-0.1, -0.05) is 44.7 Å². The molecule has 0 unspecified atom stereocenters. The molecule has 0 radical (unpaired) electrons. The number of nitro benzene ring substituents is 1. The van der Waals surface area contributed by atoms with Gasteiger partial charge in [0.25, 0.3) is 5.69 Å².